The monoisotopic (exact) mass is 269 g/mol. The minimum absolute atomic E-state index is 0.201. The largest absolute Gasteiger partial charge is 0.416 e. The smallest absolute Gasteiger partial charge is 0.382 e. The van der Waals surface area contributed by atoms with E-state index >= 15 is 0 Å². The lowest BCUT2D eigenvalue weighted by atomic mass is 9.96. The topological polar surface area (TPSA) is 43.8 Å². The van der Waals surface area contributed by atoms with Crippen LogP contribution in [0.2, 0.25) is 0 Å². The van der Waals surface area contributed by atoms with Crippen LogP contribution in [0.15, 0.2) is 30.5 Å². The van der Waals surface area contributed by atoms with Crippen LogP contribution in [-0.4, -0.2) is 9.78 Å². The van der Waals surface area contributed by atoms with Gasteiger partial charge in [0, 0.05) is 12.3 Å². The van der Waals surface area contributed by atoms with E-state index in [0.717, 1.165) is 6.07 Å². The predicted molar refractivity (Wildman–Crippen MR) is 67.1 cm³/mol. The Bertz CT molecular complexity index is 585. The molecule has 0 atom stereocenters. The first-order valence-corrected chi connectivity index (χ1v) is 5.81. The van der Waals surface area contributed by atoms with Crippen molar-refractivity contribution < 1.29 is 13.2 Å². The maximum atomic E-state index is 13.1. The Morgan fingerprint density at radius 2 is 1.89 bits per heavy atom. The molecule has 2 N–H and O–H groups in total. The highest BCUT2D eigenvalue weighted by atomic mass is 19.4. The zero-order valence-electron chi connectivity index (χ0n) is 10.6. The molecular weight excluding hydrogens is 255 g/mol. The van der Waals surface area contributed by atoms with E-state index in [1.54, 1.807) is 19.9 Å². The number of nitrogen functional groups attached to an aromatic ring is 1. The van der Waals surface area contributed by atoms with Crippen molar-refractivity contribution in [1.82, 2.24) is 9.78 Å². The molecule has 6 heteroatoms. The van der Waals surface area contributed by atoms with Crippen LogP contribution in [0.4, 0.5) is 19.0 Å². The summed E-state index contributed by atoms with van der Waals surface area (Å²) in [6.07, 6.45) is -2.85. The van der Waals surface area contributed by atoms with E-state index in [-0.39, 0.29) is 17.3 Å². The second kappa shape index (κ2) is 4.60. The molecule has 0 aliphatic rings. The third kappa shape index (κ3) is 2.72. The number of rotatable bonds is 2. The van der Waals surface area contributed by atoms with Crippen molar-refractivity contribution >= 4 is 5.82 Å². The van der Waals surface area contributed by atoms with Crippen LogP contribution in [0.25, 0.3) is 5.69 Å². The van der Waals surface area contributed by atoms with Gasteiger partial charge in [-0.3, -0.25) is 0 Å². The Balaban J connectivity index is 2.56. The number of halogens is 3. The van der Waals surface area contributed by atoms with Crippen molar-refractivity contribution in [1.29, 1.82) is 0 Å². The maximum absolute atomic E-state index is 13.1. The molecule has 1 aromatic heterocycles. The second-order valence-electron chi connectivity index (χ2n) is 4.61. The van der Waals surface area contributed by atoms with E-state index in [1.807, 2.05) is 0 Å². The van der Waals surface area contributed by atoms with E-state index in [1.165, 1.54) is 23.0 Å². The van der Waals surface area contributed by atoms with E-state index < -0.39 is 11.7 Å². The summed E-state index contributed by atoms with van der Waals surface area (Å²) in [5.74, 6) is 0.0647. The van der Waals surface area contributed by atoms with Gasteiger partial charge in [-0.15, -0.1) is 0 Å². The molecular formula is C13H14F3N3. The molecule has 0 aliphatic carbocycles. The van der Waals surface area contributed by atoms with Crippen molar-refractivity contribution in [2.45, 2.75) is 25.9 Å². The number of hydrogen-bond acceptors (Lipinski definition) is 2. The lowest BCUT2D eigenvalue weighted by Gasteiger charge is -2.16. The quantitative estimate of drug-likeness (QED) is 0.905. The highest BCUT2D eigenvalue weighted by molar-refractivity contribution is 5.44. The molecule has 0 saturated carbocycles. The van der Waals surface area contributed by atoms with Gasteiger partial charge in [-0.1, -0.05) is 19.9 Å². The Hall–Kier alpha value is -1.98. The van der Waals surface area contributed by atoms with Crippen molar-refractivity contribution in [2.75, 3.05) is 5.73 Å². The van der Waals surface area contributed by atoms with Gasteiger partial charge in [-0.2, -0.15) is 18.3 Å². The lowest BCUT2D eigenvalue weighted by Crippen LogP contribution is -2.11. The second-order valence-corrected chi connectivity index (χ2v) is 4.61. The van der Waals surface area contributed by atoms with E-state index in [0.29, 0.717) is 5.69 Å². The summed E-state index contributed by atoms with van der Waals surface area (Å²) in [4.78, 5) is 0. The summed E-state index contributed by atoms with van der Waals surface area (Å²) in [7, 11) is 0. The van der Waals surface area contributed by atoms with Crippen molar-refractivity contribution in [3.63, 3.8) is 0 Å². The highest BCUT2D eigenvalue weighted by Gasteiger charge is 2.34. The third-order valence-electron chi connectivity index (χ3n) is 2.84. The molecule has 0 bridgehead atoms. The molecule has 2 rings (SSSR count). The Morgan fingerprint density at radius 3 is 2.37 bits per heavy atom. The van der Waals surface area contributed by atoms with Crippen molar-refractivity contribution in [2.24, 2.45) is 0 Å². The number of nitrogens with two attached hydrogens (primary N) is 1. The molecule has 0 amide bonds. The Morgan fingerprint density at radius 1 is 1.21 bits per heavy atom. The highest BCUT2D eigenvalue weighted by Crippen LogP contribution is 2.36. The first-order valence-electron chi connectivity index (χ1n) is 5.81. The molecule has 3 nitrogen and oxygen atoms in total. The Labute approximate surface area is 108 Å². The summed E-state index contributed by atoms with van der Waals surface area (Å²) < 4.78 is 40.5. The summed E-state index contributed by atoms with van der Waals surface area (Å²) in [6, 6.07) is 5.73. The van der Waals surface area contributed by atoms with Crippen LogP contribution in [0.5, 0.6) is 0 Å². The van der Waals surface area contributed by atoms with Crippen molar-refractivity contribution in [3.8, 4) is 5.69 Å². The molecule has 19 heavy (non-hydrogen) atoms. The lowest BCUT2D eigenvalue weighted by molar-refractivity contribution is -0.138. The third-order valence-corrected chi connectivity index (χ3v) is 2.84. The van der Waals surface area contributed by atoms with E-state index in [2.05, 4.69) is 5.10 Å². The fraction of sp³-hybridized carbons (Fsp3) is 0.308. The summed E-state index contributed by atoms with van der Waals surface area (Å²) in [5, 5.41) is 3.91. The van der Waals surface area contributed by atoms with Gasteiger partial charge >= 0.3 is 6.18 Å². The van der Waals surface area contributed by atoms with Crippen LogP contribution in [0.1, 0.15) is 30.9 Å². The van der Waals surface area contributed by atoms with Crippen LogP contribution >= 0.6 is 0 Å². The number of anilines is 1. The zero-order valence-corrected chi connectivity index (χ0v) is 10.6. The number of benzene rings is 1. The fourth-order valence-electron chi connectivity index (χ4n) is 1.92. The molecule has 0 saturated heterocycles. The predicted octanol–water partition coefficient (Wildman–Crippen LogP) is 3.60. The molecule has 102 valence electrons. The number of hydrogen-bond donors (Lipinski definition) is 1. The number of alkyl halides is 3. The first-order chi connectivity index (χ1) is 8.79. The van der Waals surface area contributed by atoms with Gasteiger partial charge in [0.25, 0.3) is 0 Å². The standard InChI is InChI=1S/C13H14F3N3/c1-8(2)10-4-3-9(7-11(10)13(14,15)16)19-6-5-12(17)18-19/h3-8H,1-2H3,(H2,17,18). The van der Waals surface area contributed by atoms with Gasteiger partial charge in [0.05, 0.1) is 11.3 Å². The normalized spacial score (nSPS) is 12.1. The fourth-order valence-corrected chi connectivity index (χ4v) is 1.92. The molecule has 0 aliphatic heterocycles. The average molecular weight is 269 g/mol. The van der Waals surface area contributed by atoms with E-state index in [4.69, 9.17) is 5.73 Å². The molecule has 0 unspecified atom stereocenters. The van der Waals surface area contributed by atoms with Gasteiger partial charge in [0.15, 0.2) is 0 Å². The van der Waals surface area contributed by atoms with Crippen molar-refractivity contribution in [3.05, 3.63) is 41.6 Å². The van der Waals surface area contributed by atoms with Crippen LogP contribution in [0.3, 0.4) is 0 Å². The van der Waals surface area contributed by atoms with Gasteiger partial charge in [-0.05, 0) is 23.6 Å². The molecule has 1 heterocycles. The molecule has 0 spiro atoms. The number of aromatic nitrogens is 2. The first kappa shape index (κ1) is 13.5. The molecule has 0 radical (unpaired) electrons. The Kier molecular flexibility index (Phi) is 3.26. The molecule has 0 fully saturated rings. The van der Waals surface area contributed by atoms with E-state index in [9.17, 15) is 13.2 Å². The summed E-state index contributed by atoms with van der Waals surface area (Å²) in [5.41, 5.74) is 5.45. The van der Waals surface area contributed by atoms with Gasteiger partial charge < -0.3 is 5.73 Å². The maximum Gasteiger partial charge on any atom is 0.416 e. The SMILES string of the molecule is CC(C)c1ccc(-n2ccc(N)n2)cc1C(F)(F)F. The van der Waals surface area contributed by atoms with Crippen LogP contribution in [0, 0.1) is 0 Å². The van der Waals surface area contributed by atoms with Gasteiger partial charge in [0.2, 0.25) is 0 Å². The minimum Gasteiger partial charge on any atom is -0.382 e. The molecule has 1 aromatic carbocycles. The summed E-state index contributed by atoms with van der Waals surface area (Å²) >= 11 is 0. The summed E-state index contributed by atoms with van der Waals surface area (Å²) in [6.45, 7) is 3.46. The zero-order chi connectivity index (χ0) is 14.2. The van der Waals surface area contributed by atoms with Gasteiger partial charge in [-0.25, -0.2) is 4.68 Å². The molecule has 2 aromatic rings. The number of nitrogens with zero attached hydrogens (tertiary/aromatic N) is 2. The minimum atomic E-state index is -4.38. The average Bonchev–Trinajstić information content (AvgIpc) is 2.74. The van der Waals surface area contributed by atoms with Crippen LogP contribution in [-0.2, 0) is 6.18 Å². The van der Waals surface area contributed by atoms with Gasteiger partial charge in [0.1, 0.15) is 5.82 Å². The van der Waals surface area contributed by atoms with Crippen LogP contribution < -0.4 is 5.73 Å².